The lowest BCUT2D eigenvalue weighted by atomic mass is 10.1. The molecule has 130 valence electrons. The minimum atomic E-state index is -0.362. The SMILES string of the molecule is COC(=O)CCCNC(=O)C1CC(=O)N(c2ccc(Br)c(C)c2)C1. The molecule has 1 aliphatic rings. The van der Waals surface area contributed by atoms with E-state index < -0.39 is 0 Å². The predicted molar refractivity (Wildman–Crippen MR) is 93.6 cm³/mol. The second-order valence-electron chi connectivity index (χ2n) is 5.81. The number of hydrogen-bond donors (Lipinski definition) is 1. The summed E-state index contributed by atoms with van der Waals surface area (Å²) >= 11 is 3.44. The summed E-state index contributed by atoms with van der Waals surface area (Å²) in [5, 5.41) is 2.78. The molecule has 24 heavy (non-hydrogen) atoms. The molecule has 2 rings (SSSR count). The van der Waals surface area contributed by atoms with Crippen LogP contribution in [0.2, 0.25) is 0 Å². The molecule has 1 unspecified atom stereocenters. The van der Waals surface area contributed by atoms with Crippen LogP contribution in [0.25, 0.3) is 0 Å². The Bertz CT molecular complexity index is 647. The monoisotopic (exact) mass is 396 g/mol. The number of aryl methyl sites for hydroxylation is 1. The fourth-order valence-electron chi connectivity index (χ4n) is 2.62. The third-order valence-electron chi connectivity index (χ3n) is 4.03. The molecule has 2 amide bonds. The number of benzene rings is 1. The maximum Gasteiger partial charge on any atom is 0.305 e. The van der Waals surface area contributed by atoms with E-state index >= 15 is 0 Å². The standard InChI is InChI=1S/C17H21BrN2O4/c1-11-8-13(5-6-14(11)18)20-10-12(9-15(20)21)17(23)19-7-3-4-16(22)24-2/h5-6,8,12H,3-4,7,9-10H2,1-2H3,(H,19,23). The summed E-state index contributed by atoms with van der Waals surface area (Å²) < 4.78 is 5.53. The summed E-state index contributed by atoms with van der Waals surface area (Å²) in [5.41, 5.74) is 1.85. The molecule has 6 nitrogen and oxygen atoms in total. The smallest absolute Gasteiger partial charge is 0.305 e. The molecule has 1 aromatic rings. The number of nitrogens with zero attached hydrogens (tertiary/aromatic N) is 1. The van der Waals surface area contributed by atoms with Gasteiger partial charge in [-0.1, -0.05) is 15.9 Å². The van der Waals surface area contributed by atoms with Crippen molar-refractivity contribution in [2.45, 2.75) is 26.2 Å². The molecule has 0 aliphatic carbocycles. The molecule has 1 aromatic carbocycles. The van der Waals surface area contributed by atoms with Gasteiger partial charge in [0.1, 0.15) is 0 Å². The second-order valence-corrected chi connectivity index (χ2v) is 6.66. The van der Waals surface area contributed by atoms with Crippen molar-refractivity contribution in [3.8, 4) is 0 Å². The van der Waals surface area contributed by atoms with Gasteiger partial charge in [0.25, 0.3) is 0 Å². The van der Waals surface area contributed by atoms with Gasteiger partial charge in [-0.25, -0.2) is 0 Å². The Kier molecular flexibility index (Phi) is 6.36. The van der Waals surface area contributed by atoms with E-state index in [9.17, 15) is 14.4 Å². The van der Waals surface area contributed by atoms with E-state index in [-0.39, 0.29) is 36.5 Å². The zero-order valence-corrected chi connectivity index (χ0v) is 15.4. The molecule has 0 radical (unpaired) electrons. The van der Waals surface area contributed by atoms with Crippen molar-refractivity contribution in [2.75, 3.05) is 25.1 Å². The van der Waals surface area contributed by atoms with Crippen molar-refractivity contribution in [1.29, 1.82) is 0 Å². The van der Waals surface area contributed by atoms with Gasteiger partial charge >= 0.3 is 5.97 Å². The van der Waals surface area contributed by atoms with Crippen molar-refractivity contribution in [3.63, 3.8) is 0 Å². The van der Waals surface area contributed by atoms with E-state index in [0.717, 1.165) is 15.7 Å². The minimum Gasteiger partial charge on any atom is -0.469 e. The highest BCUT2D eigenvalue weighted by Crippen LogP contribution is 2.28. The zero-order valence-electron chi connectivity index (χ0n) is 13.8. The van der Waals surface area contributed by atoms with Gasteiger partial charge in [-0.05, 0) is 37.1 Å². The van der Waals surface area contributed by atoms with Crippen LogP contribution in [0.15, 0.2) is 22.7 Å². The van der Waals surface area contributed by atoms with Crippen molar-refractivity contribution >= 4 is 39.4 Å². The molecule has 7 heteroatoms. The highest BCUT2D eigenvalue weighted by atomic mass is 79.9. The fourth-order valence-corrected chi connectivity index (χ4v) is 2.87. The summed E-state index contributed by atoms with van der Waals surface area (Å²) in [4.78, 5) is 37.1. The van der Waals surface area contributed by atoms with Crippen LogP contribution in [0.1, 0.15) is 24.8 Å². The highest BCUT2D eigenvalue weighted by Gasteiger charge is 2.35. The molecular weight excluding hydrogens is 376 g/mol. The maximum absolute atomic E-state index is 12.2. The first-order valence-electron chi connectivity index (χ1n) is 7.83. The summed E-state index contributed by atoms with van der Waals surface area (Å²) in [6, 6.07) is 5.70. The van der Waals surface area contributed by atoms with E-state index in [1.165, 1.54) is 7.11 Å². The first kappa shape index (κ1) is 18.4. The number of halogens is 1. The number of nitrogens with one attached hydrogen (secondary N) is 1. The topological polar surface area (TPSA) is 75.7 Å². The number of amides is 2. The van der Waals surface area contributed by atoms with Crippen molar-refractivity contribution in [1.82, 2.24) is 5.32 Å². The number of methoxy groups -OCH3 is 1. The van der Waals surface area contributed by atoms with Crippen LogP contribution in [-0.4, -0.2) is 38.0 Å². The number of esters is 1. The van der Waals surface area contributed by atoms with Crippen LogP contribution in [0.5, 0.6) is 0 Å². The molecule has 1 aliphatic heterocycles. The second kappa shape index (κ2) is 8.28. The third kappa shape index (κ3) is 4.56. The van der Waals surface area contributed by atoms with Crippen LogP contribution in [0.4, 0.5) is 5.69 Å². The van der Waals surface area contributed by atoms with Gasteiger partial charge in [-0.15, -0.1) is 0 Å². The Morgan fingerprint density at radius 1 is 1.42 bits per heavy atom. The Labute approximate surface area is 149 Å². The molecule has 1 heterocycles. The van der Waals surface area contributed by atoms with Crippen LogP contribution >= 0.6 is 15.9 Å². The van der Waals surface area contributed by atoms with Gasteiger partial charge in [-0.2, -0.15) is 0 Å². The summed E-state index contributed by atoms with van der Waals surface area (Å²) in [7, 11) is 1.34. The average molecular weight is 397 g/mol. The third-order valence-corrected chi connectivity index (χ3v) is 4.92. The van der Waals surface area contributed by atoms with Crippen LogP contribution < -0.4 is 10.2 Å². The molecule has 1 N–H and O–H groups in total. The molecule has 0 saturated carbocycles. The first-order chi connectivity index (χ1) is 11.4. The van der Waals surface area contributed by atoms with Crippen molar-refractivity contribution in [2.24, 2.45) is 5.92 Å². The molecular formula is C17H21BrN2O4. The molecule has 0 aromatic heterocycles. The summed E-state index contributed by atoms with van der Waals surface area (Å²) in [5.74, 6) is -0.854. The minimum absolute atomic E-state index is 0.0496. The average Bonchev–Trinajstić information content (AvgIpc) is 2.95. The van der Waals surface area contributed by atoms with Crippen LogP contribution in [-0.2, 0) is 19.1 Å². The van der Waals surface area contributed by atoms with E-state index in [4.69, 9.17) is 0 Å². The van der Waals surface area contributed by atoms with Crippen molar-refractivity contribution < 1.29 is 19.1 Å². The number of hydrogen-bond acceptors (Lipinski definition) is 4. The maximum atomic E-state index is 12.2. The molecule has 0 bridgehead atoms. The number of anilines is 1. The zero-order chi connectivity index (χ0) is 17.7. The number of ether oxygens (including phenoxy) is 1. The molecule has 1 fully saturated rings. The Morgan fingerprint density at radius 3 is 2.83 bits per heavy atom. The Balaban J connectivity index is 1.88. The van der Waals surface area contributed by atoms with Gasteiger partial charge in [-0.3, -0.25) is 14.4 Å². The number of rotatable bonds is 6. The normalized spacial score (nSPS) is 17.0. The quantitative estimate of drug-likeness (QED) is 0.590. The van der Waals surface area contributed by atoms with Crippen LogP contribution in [0.3, 0.4) is 0 Å². The van der Waals surface area contributed by atoms with E-state index in [2.05, 4.69) is 26.0 Å². The van der Waals surface area contributed by atoms with E-state index in [0.29, 0.717) is 19.5 Å². The lowest BCUT2D eigenvalue weighted by Gasteiger charge is -2.17. The van der Waals surface area contributed by atoms with Gasteiger partial charge < -0.3 is 15.0 Å². The predicted octanol–water partition coefficient (Wildman–Crippen LogP) is 2.18. The molecule has 1 atom stereocenters. The van der Waals surface area contributed by atoms with Gasteiger partial charge in [0.15, 0.2) is 0 Å². The Morgan fingerprint density at radius 2 is 2.17 bits per heavy atom. The van der Waals surface area contributed by atoms with Gasteiger partial charge in [0.05, 0.1) is 13.0 Å². The van der Waals surface area contributed by atoms with E-state index in [1.807, 2.05) is 25.1 Å². The van der Waals surface area contributed by atoms with Crippen molar-refractivity contribution in [3.05, 3.63) is 28.2 Å². The van der Waals surface area contributed by atoms with Crippen LogP contribution in [0, 0.1) is 12.8 Å². The summed E-state index contributed by atoms with van der Waals surface area (Å²) in [6.07, 6.45) is 0.997. The lowest BCUT2D eigenvalue weighted by Crippen LogP contribution is -2.33. The number of carbonyl (C=O) groups excluding carboxylic acids is 3. The number of carbonyl (C=O) groups is 3. The van der Waals surface area contributed by atoms with E-state index in [1.54, 1.807) is 4.90 Å². The molecule has 0 spiro atoms. The Hall–Kier alpha value is -1.89. The largest absolute Gasteiger partial charge is 0.469 e. The first-order valence-corrected chi connectivity index (χ1v) is 8.62. The van der Waals surface area contributed by atoms with Gasteiger partial charge in [0.2, 0.25) is 11.8 Å². The summed E-state index contributed by atoms with van der Waals surface area (Å²) in [6.45, 7) is 2.73. The van der Waals surface area contributed by atoms with Gasteiger partial charge in [0, 0.05) is 36.1 Å². The lowest BCUT2D eigenvalue weighted by molar-refractivity contribution is -0.140. The molecule has 1 saturated heterocycles. The highest BCUT2D eigenvalue weighted by molar-refractivity contribution is 9.10. The fraction of sp³-hybridized carbons (Fsp3) is 0.471.